The van der Waals surface area contributed by atoms with Crippen LogP contribution in [0.4, 0.5) is 0 Å². The molecule has 2 aliphatic rings. The molecule has 2 saturated heterocycles. The van der Waals surface area contributed by atoms with Crippen LogP contribution in [0, 0.1) is 11.3 Å². The number of nitriles is 1. The van der Waals surface area contributed by atoms with Gasteiger partial charge in [0.25, 0.3) is 7.52 Å². The van der Waals surface area contributed by atoms with Crippen LogP contribution in [0.5, 0.6) is 11.5 Å². The van der Waals surface area contributed by atoms with Crippen LogP contribution < -0.4 is 9.47 Å². The van der Waals surface area contributed by atoms with Gasteiger partial charge in [-0.2, -0.15) is 5.26 Å². The van der Waals surface area contributed by atoms with E-state index in [9.17, 15) is 5.26 Å². The first-order valence-electron chi connectivity index (χ1n) is 19.3. The zero-order chi connectivity index (χ0) is 39.5. The summed E-state index contributed by atoms with van der Waals surface area (Å²) in [6.07, 6.45) is -1.12. The number of hydrogen-bond acceptors (Lipinski definition) is 8. The van der Waals surface area contributed by atoms with E-state index in [0.29, 0.717) is 11.5 Å². The molecule has 0 amide bonds. The van der Waals surface area contributed by atoms with E-state index >= 15 is 4.57 Å². The molecule has 7 rings (SSSR count). The molecule has 5 atom stereocenters. The quantitative estimate of drug-likeness (QED) is 0.0551. The van der Waals surface area contributed by atoms with Crippen molar-refractivity contribution in [3.05, 3.63) is 144 Å². The fraction of sp³-hybridized carbons (Fsp3) is 0.370. The molecule has 56 heavy (non-hydrogen) atoms. The Hall–Kier alpha value is -4.52. The second-order valence-electron chi connectivity index (χ2n) is 15.1. The van der Waals surface area contributed by atoms with E-state index in [1.54, 1.807) is 14.2 Å². The van der Waals surface area contributed by atoms with E-state index in [2.05, 4.69) is 42.5 Å². The standard InChI is InChI=1S/C46H51N2O7P/c1-32(2)48(33(3)4)56(49,54-29-13-28-47)44-43-42(41-19-12-15-34-14-10-11-18-40(34)41)55-45(44,30-52-43)31-53-46(35-16-8-7-9-17-35,36-20-24-38(50-5)25-21-36)37-22-26-39(51-6)27-23-37/h7-12,14-27,32-33,42-44H,13,29-31H2,1-6H3/t42-,43+,44-,45+,56?/m0/s1. The molecule has 5 aromatic rings. The molecule has 2 bridgehead atoms. The molecule has 10 heteroatoms. The molecule has 9 nitrogen and oxygen atoms in total. The van der Waals surface area contributed by atoms with E-state index in [1.807, 2.05) is 117 Å². The molecule has 292 valence electrons. The summed E-state index contributed by atoms with van der Waals surface area (Å²) >= 11 is 0. The van der Waals surface area contributed by atoms with Crippen molar-refractivity contribution in [2.75, 3.05) is 34.0 Å². The Bertz CT molecular complexity index is 2130. The maximum absolute atomic E-state index is 16.2. The Labute approximate surface area is 330 Å². The van der Waals surface area contributed by atoms with Crippen LogP contribution in [-0.4, -0.2) is 68.2 Å². The lowest BCUT2D eigenvalue weighted by molar-refractivity contribution is -0.178. The van der Waals surface area contributed by atoms with Crippen molar-refractivity contribution in [1.29, 1.82) is 5.26 Å². The molecular weight excluding hydrogens is 723 g/mol. The van der Waals surface area contributed by atoms with Gasteiger partial charge in [0.05, 0.1) is 46.5 Å². The summed E-state index contributed by atoms with van der Waals surface area (Å²) in [5, 5.41) is 11.7. The lowest BCUT2D eigenvalue weighted by atomic mass is 9.79. The predicted octanol–water partition coefficient (Wildman–Crippen LogP) is 9.69. The van der Waals surface area contributed by atoms with Gasteiger partial charge in [0.2, 0.25) is 0 Å². The number of benzene rings is 5. The van der Waals surface area contributed by atoms with Gasteiger partial charge in [-0.05, 0) is 85.0 Å². The minimum atomic E-state index is -3.85. The zero-order valence-electron chi connectivity index (χ0n) is 33.0. The van der Waals surface area contributed by atoms with Gasteiger partial charge < -0.3 is 28.2 Å². The molecule has 2 aliphatic heterocycles. The van der Waals surface area contributed by atoms with Gasteiger partial charge in [-0.15, -0.1) is 0 Å². The first kappa shape index (κ1) is 39.7. The maximum Gasteiger partial charge on any atom is 0.281 e. The number of ether oxygens (including phenoxy) is 5. The summed E-state index contributed by atoms with van der Waals surface area (Å²) in [5.74, 6) is 1.43. The second-order valence-corrected chi connectivity index (χ2v) is 17.5. The molecule has 0 aliphatic carbocycles. The van der Waals surface area contributed by atoms with Crippen molar-refractivity contribution < 1.29 is 32.8 Å². The average Bonchev–Trinajstić information content (AvgIpc) is 3.76. The third-order valence-electron chi connectivity index (χ3n) is 11.1. The third-order valence-corrected chi connectivity index (χ3v) is 14.7. The molecule has 0 N–H and O–H groups in total. The minimum absolute atomic E-state index is 0.00197. The Kier molecular flexibility index (Phi) is 11.7. The third kappa shape index (κ3) is 7.05. The number of methoxy groups -OCH3 is 2. The summed E-state index contributed by atoms with van der Waals surface area (Å²) < 4.78 is 57.6. The highest BCUT2D eigenvalue weighted by Crippen LogP contribution is 2.69. The van der Waals surface area contributed by atoms with Gasteiger partial charge in [-0.25, -0.2) is 4.67 Å². The fourth-order valence-electron chi connectivity index (χ4n) is 8.83. The smallest absolute Gasteiger partial charge is 0.281 e. The van der Waals surface area contributed by atoms with Gasteiger partial charge in [-0.1, -0.05) is 97.1 Å². The number of hydrogen-bond donors (Lipinski definition) is 0. The van der Waals surface area contributed by atoms with Crippen molar-refractivity contribution in [3.8, 4) is 17.6 Å². The Morgan fingerprint density at radius 2 is 1.38 bits per heavy atom. The van der Waals surface area contributed by atoms with Crippen molar-refractivity contribution in [1.82, 2.24) is 4.67 Å². The molecule has 0 aromatic heterocycles. The molecule has 2 heterocycles. The number of rotatable bonds is 16. The number of fused-ring (bicyclic) bond motifs is 3. The second kappa shape index (κ2) is 16.5. The van der Waals surface area contributed by atoms with Crippen molar-refractivity contribution in [2.24, 2.45) is 0 Å². The highest BCUT2D eigenvalue weighted by molar-refractivity contribution is 7.57. The van der Waals surface area contributed by atoms with Crippen molar-refractivity contribution in [3.63, 3.8) is 0 Å². The Balaban J connectivity index is 1.43. The van der Waals surface area contributed by atoms with Gasteiger partial charge in [-0.3, -0.25) is 4.57 Å². The van der Waals surface area contributed by atoms with Crippen LogP contribution in [0.3, 0.4) is 0 Å². The molecule has 0 spiro atoms. The summed E-state index contributed by atoms with van der Waals surface area (Å²) in [4.78, 5) is 0. The van der Waals surface area contributed by atoms with Crippen LogP contribution in [0.2, 0.25) is 0 Å². The monoisotopic (exact) mass is 774 g/mol. The molecule has 0 radical (unpaired) electrons. The first-order valence-corrected chi connectivity index (χ1v) is 20.9. The lowest BCUT2D eigenvalue weighted by Crippen LogP contribution is -2.51. The number of nitrogens with zero attached hydrogens (tertiary/aromatic N) is 2. The van der Waals surface area contributed by atoms with Gasteiger partial charge in [0.15, 0.2) is 0 Å². The molecule has 0 saturated carbocycles. The van der Waals surface area contributed by atoms with Gasteiger partial charge in [0.1, 0.15) is 40.6 Å². The molecular formula is C46H51N2O7P. The maximum atomic E-state index is 16.2. The molecule has 1 unspecified atom stereocenters. The summed E-state index contributed by atoms with van der Waals surface area (Å²) in [5.41, 5.74) is 0.407. The zero-order valence-corrected chi connectivity index (χ0v) is 33.9. The topological polar surface area (TPSA) is 99.5 Å². The summed E-state index contributed by atoms with van der Waals surface area (Å²) in [6.45, 7) is 8.24. The van der Waals surface area contributed by atoms with Gasteiger partial charge >= 0.3 is 0 Å². The Morgan fingerprint density at radius 3 is 1.96 bits per heavy atom. The normalized spacial score (nSPS) is 21.8. The van der Waals surface area contributed by atoms with E-state index in [1.165, 1.54) is 0 Å². The van der Waals surface area contributed by atoms with Crippen LogP contribution in [0.25, 0.3) is 10.8 Å². The van der Waals surface area contributed by atoms with E-state index < -0.39 is 36.6 Å². The molecule has 5 aromatic carbocycles. The summed E-state index contributed by atoms with van der Waals surface area (Å²) in [7, 11) is -0.560. The SMILES string of the molecule is COc1ccc(C(OC[C@@]23CO[C@H]([C@H](c4cccc5ccccc45)O2)[C@@H]3P(=O)(OCCC#N)N(C(C)C)C(C)C)(c2ccccc2)c2ccc(OC)cc2)cc1. The fourth-order valence-corrected chi connectivity index (χ4v) is 12.5. The average molecular weight is 775 g/mol. The van der Waals surface area contributed by atoms with Crippen LogP contribution in [0.15, 0.2) is 121 Å². The van der Waals surface area contributed by atoms with Crippen LogP contribution >= 0.6 is 7.52 Å². The van der Waals surface area contributed by atoms with E-state index in [-0.39, 0.29) is 38.3 Å². The summed E-state index contributed by atoms with van der Waals surface area (Å²) in [6, 6.07) is 42.1. The largest absolute Gasteiger partial charge is 0.497 e. The van der Waals surface area contributed by atoms with E-state index in [0.717, 1.165) is 33.0 Å². The minimum Gasteiger partial charge on any atom is -0.497 e. The highest BCUT2D eigenvalue weighted by Gasteiger charge is 2.70. The van der Waals surface area contributed by atoms with E-state index in [4.69, 9.17) is 28.2 Å². The predicted molar refractivity (Wildman–Crippen MR) is 218 cm³/mol. The lowest BCUT2D eigenvalue weighted by Gasteiger charge is -2.44. The first-order chi connectivity index (χ1) is 27.1. The van der Waals surface area contributed by atoms with Crippen LogP contribution in [0.1, 0.15) is 62.5 Å². The van der Waals surface area contributed by atoms with Crippen LogP contribution in [-0.2, 0) is 28.9 Å². The van der Waals surface area contributed by atoms with Crippen molar-refractivity contribution in [2.45, 2.75) is 75.3 Å². The van der Waals surface area contributed by atoms with Crippen molar-refractivity contribution >= 4 is 18.3 Å². The Morgan fingerprint density at radius 1 is 0.804 bits per heavy atom. The van der Waals surface area contributed by atoms with Gasteiger partial charge in [0, 0.05) is 12.1 Å². The molecule has 2 fully saturated rings. The highest BCUT2D eigenvalue weighted by atomic mass is 31.2.